The summed E-state index contributed by atoms with van der Waals surface area (Å²) in [5.41, 5.74) is 6.22. The van der Waals surface area contributed by atoms with Gasteiger partial charge in [-0.05, 0) is 64.2 Å². The van der Waals surface area contributed by atoms with E-state index in [9.17, 15) is 9.59 Å². The van der Waals surface area contributed by atoms with Crippen molar-refractivity contribution in [3.8, 4) is 11.5 Å². The van der Waals surface area contributed by atoms with E-state index in [0.717, 1.165) is 20.9 Å². The maximum Gasteiger partial charge on any atom is 0.276 e. The van der Waals surface area contributed by atoms with Crippen LogP contribution in [0.25, 0.3) is 0 Å². The SMILES string of the molecule is CCCOc1ccc(Br)cc1C(=O)NNC(=O)COc1ccc(C(C)C)cc1Br. The number of hydrogen-bond acceptors (Lipinski definition) is 4. The average molecular weight is 528 g/mol. The second-order valence-corrected chi connectivity index (χ2v) is 8.39. The minimum absolute atomic E-state index is 0.239. The first-order valence-electron chi connectivity index (χ1n) is 9.25. The molecule has 0 aliphatic carbocycles. The van der Waals surface area contributed by atoms with Crippen molar-refractivity contribution in [2.24, 2.45) is 0 Å². The molecule has 0 saturated heterocycles. The molecule has 0 heterocycles. The average Bonchev–Trinajstić information content (AvgIpc) is 2.69. The van der Waals surface area contributed by atoms with Crippen molar-refractivity contribution in [1.82, 2.24) is 10.9 Å². The summed E-state index contributed by atoms with van der Waals surface area (Å²) in [5, 5.41) is 0. The Morgan fingerprint density at radius 2 is 1.72 bits per heavy atom. The van der Waals surface area contributed by atoms with E-state index in [1.807, 2.05) is 25.1 Å². The first-order valence-corrected chi connectivity index (χ1v) is 10.8. The molecule has 0 radical (unpaired) electrons. The molecule has 29 heavy (non-hydrogen) atoms. The summed E-state index contributed by atoms with van der Waals surface area (Å²) in [7, 11) is 0. The molecule has 2 aromatic carbocycles. The van der Waals surface area contributed by atoms with Crippen molar-refractivity contribution in [3.05, 3.63) is 56.5 Å². The standard InChI is InChI=1S/C21H24Br2N2O4/c1-4-9-28-18-8-6-15(22)11-16(18)21(27)25-24-20(26)12-29-19-7-5-14(13(2)3)10-17(19)23/h5-8,10-11,13H,4,9,12H2,1-3H3,(H,24,26)(H,25,27). The van der Waals surface area contributed by atoms with Crippen LogP contribution in [0.4, 0.5) is 0 Å². The van der Waals surface area contributed by atoms with Gasteiger partial charge in [-0.25, -0.2) is 0 Å². The molecule has 0 atom stereocenters. The van der Waals surface area contributed by atoms with E-state index in [-0.39, 0.29) is 6.61 Å². The molecule has 0 bridgehead atoms. The molecule has 0 aliphatic heterocycles. The third-order valence-electron chi connectivity index (χ3n) is 3.94. The molecular weight excluding hydrogens is 504 g/mol. The molecule has 0 spiro atoms. The number of nitrogens with one attached hydrogen (secondary N) is 2. The molecule has 2 N–H and O–H groups in total. The fourth-order valence-electron chi connectivity index (χ4n) is 2.38. The third kappa shape index (κ3) is 7.04. The van der Waals surface area contributed by atoms with E-state index in [0.29, 0.717) is 29.6 Å². The minimum Gasteiger partial charge on any atom is -0.493 e. The summed E-state index contributed by atoms with van der Waals surface area (Å²) in [6, 6.07) is 10.9. The quantitative estimate of drug-likeness (QED) is 0.475. The van der Waals surface area contributed by atoms with Gasteiger partial charge < -0.3 is 9.47 Å². The van der Waals surface area contributed by atoms with Gasteiger partial charge >= 0.3 is 0 Å². The number of carbonyl (C=O) groups is 2. The topological polar surface area (TPSA) is 76.7 Å². The molecule has 8 heteroatoms. The number of amides is 2. The van der Waals surface area contributed by atoms with E-state index >= 15 is 0 Å². The van der Waals surface area contributed by atoms with Gasteiger partial charge in [-0.2, -0.15) is 0 Å². The predicted octanol–water partition coefficient (Wildman–Crippen LogP) is 4.96. The fourth-order valence-corrected chi connectivity index (χ4v) is 3.26. The smallest absolute Gasteiger partial charge is 0.276 e. The minimum atomic E-state index is -0.482. The van der Waals surface area contributed by atoms with E-state index in [1.54, 1.807) is 18.2 Å². The maximum absolute atomic E-state index is 12.4. The number of ether oxygens (including phenoxy) is 2. The van der Waals surface area contributed by atoms with Crippen LogP contribution in [0, 0.1) is 0 Å². The van der Waals surface area contributed by atoms with Crippen molar-refractivity contribution in [3.63, 3.8) is 0 Å². The van der Waals surface area contributed by atoms with Crippen LogP contribution in [0.3, 0.4) is 0 Å². The van der Waals surface area contributed by atoms with E-state index in [1.165, 1.54) is 0 Å². The lowest BCUT2D eigenvalue weighted by Crippen LogP contribution is -2.44. The lowest BCUT2D eigenvalue weighted by molar-refractivity contribution is -0.123. The van der Waals surface area contributed by atoms with Gasteiger partial charge in [0.15, 0.2) is 6.61 Å². The highest BCUT2D eigenvalue weighted by atomic mass is 79.9. The molecule has 156 valence electrons. The van der Waals surface area contributed by atoms with Crippen LogP contribution >= 0.6 is 31.9 Å². The first-order chi connectivity index (χ1) is 13.8. The number of halogens is 2. The van der Waals surface area contributed by atoms with Crippen LogP contribution in [-0.4, -0.2) is 25.0 Å². The highest BCUT2D eigenvalue weighted by Crippen LogP contribution is 2.28. The van der Waals surface area contributed by atoms with Gasteiger partial charge in [0.05, 0.1) is 16.6 Å². The van der Waals surface area contributed by atoms with Crippen molar-refractivity contribution >= 4 is 43.7 Å². The van der Waals surface area contributed by atoms with Crippen molar-refractivity contribution < 1.29 is 19.1 Å². The highest BCUT2D eigenvalue weighted by Gasteiger charge is 2.15. The molecule has 2 aromatic rings. The fraction of sp³-hybridized carbons (Fsp3) is 0.333. The molecule has 2 amide bonds. The van der Waals surface area contributed by atoms with E-state index in [2.05, 4.69) is 56.6 Å². The number of rotatable bonds is 8. The van der Waals surface area contributed by atoms with E-state index in [4.69, 9.17) is 9.47 Å². The molecule has 0 unspecified atom stereocenters. The molecule has 6 nitrogen and oxygen atoms in total. The van der Waals surface area contributed by atoms with Crippen LogP contribution in [0.2, 0.25) is 0 Å². The second kappa shape index (κ2) is 11.2. The number of hydrazine groups is 1. The van der Waals surface area contributed by atoms with Crippen LogP contribution in [-0.2, 0) is 4.79 Å². The number of hydrogen-bond donors (Lipinski definition) is 2. The van der Waals surface area contributed by atoms with Crippen molar-refractivity contribution in [2.45, 2.75) is 33.1 Å². The Morgan fingerprint density at radius 1 is 1.00 bits per heavy atom. The van der Waals surface area contributed by atoms with E-state index < -0.39 is 11.8 Å². The lowest BCUT2D eigenvalue weighted by Gasteiger charge is -2.13. The van der Waals surface area contributed by atoms with Gasteiger partial charge in [0, 0.05) is 4.47 Å². The third-order valence-corrected chi connectivity index (χ3v) is 5.06. The summed E-state index contributed by atoms with van der Waals surface area (Å²) in [6.45, 7) is 6.43. The molecule has 0 aliphatic rings. The predicted molar refractivity (Wildman–Crippen MR) is 119 cm³/mol. The van der Waals surface area contributed by atoms with Crippen molar-refractivity contribution in [1.29, 1.82) is 0 Å². The molecule has 0 saturated carbocycles. The zero-order valence-corrected chi connectivity index (χ0v) is 19.7. The van der Waals surface area contributed by atoms with Gasteiger partial charge in [0.2, 0.25) is 0 Å². The maximum atomic E-state index is 12.4. The number of benzene rings is 2. The Labute approximate surface area is 187 Å². The monoisotopic (exact) mass is 526 g/mol. The van der Waals surface area contributed by atoms with Gasteiger partial charge in [-0.3, -0.25) is 20.4 Å². The lowest BCUT2D eigenvalue weighted by atomic mass is 10.0. The number of carbonyl (C=O) groups excluding carboxylic acids is 2. The molecule has 0 fully saturated rings. The van der Waals surface area contributed by atoms with Crippen LogP contribution in [0.1, 0.15) is 49.0 Å². The Kier molecular flexibility index (Phi) is 8.98. The van der Waals surface area contributed by atoms with Gasteiger partial charge in [-0.15, -0.1) is 0 Å². The van der Waals surface area contributed by atoms with Crippen LogP contribution in [0.5, 0.6) is 11.5 Å². The zero-order valence-electron chi connectivity index (χ0n) is 16.6. The molecular formula is C21H24Br2N2O4. The second-order valence-electron chi connectivity index (χ2n) is 6.62. The van der Waals surface area contributed by atoms with Crippen LogP contribution < -0.4 is 20.3 Å². The summed E-state index contributed by atoms with van der Waals surface area (Å²) in [4.78, 5) is 24.5. The Hall–Kier alpha value is -2.06. The van der Waals surface area contributed by atoms with Gasteiger partial charge in [0.1, 0.15) is 11.5 Å². The van der Waals surface area contributed by atoms with Gasteiger partial charge in [0.25, 0.3) is 11.8 Å². The van der Waals surface area contributed by atoms with Crippen molar-refractivity contribution in [2.75, 3.05) is 13.2 Å². The van der Waals surface area contributed by atoms with Gasteiger partial charge in [-0.1, -0.05) is 42.8 Å². The Morgan fingerprint density at radius 3 is 2.38 bits per heavy atom. The summed E-state index contributed by atoms with van der Waals surface area (Å²) in [5.74, 6) is 0.436. The molecule has 2 rings (SSSR count). The summed E-state index contributed by atoms with van der Waals surface area (Å²) in [6.07, 6.45) is 0.818. The largest absolute Gasteiger partial charge is 0.493 e. The normalized spacial score (nSPS) is 10.6. The Bertz CT molecular complexity index is 872. The highest BCUT2D eigenvalue weighted by molar-refractivity contribution is 9.10. The Balaban J connectivity index is 1.91. The summed E-state index contributed by atoms with van der Waals surface area (Å²) < 4.78 is 12.6. The zero-order chi connectivity index (χ0) is 21.4. The first kappa shape index (κ1) is 23.2. The molecule has 0 aromatic heterocycles. The van der Waals surface area contributed by atoms with Crippen LogP contribution in [0.15, 0.2) is 45.3 Å². The summed E-state index contributed by atoms with van der Waals surface area (Å²) >= 11 is 6.79.